The van der Waals surface area contributed by atoms with Gasteiger partial charge in [0, 0.05) is 29.5 Å². The fourth-order valence-electron chi connectivity index (χ4n) is 2.11. The number of hydrogen-bond donors (Lipinski definition) is 1. The zero-order valence-corrected chi connectivity index (χ0v) is 14.0. The molecule has 1 N–H and O–H groups in total. The van der Waals surface area contributed by atoms with Gasteiger partial charge in [-0.2, -0.15) is 0 Å². The minimum absolute atomic E-state index is 0.226. The number of hydrogen-bond acceptors (Lipinski definition) is 5. The molecule has 1 heterocycles. The molecule has 0 saturated carbocycles. The summed E-state index contributed by atoms with van der Waals surface area (Å²) in [5, 5.41) is 2.96. The number of carbonyl (C=O) groups is 3. The van der Waals surface area contributed by atoms with E-state index in [1.54, 1.807) is 0 Å². The minimum Gasteiger partial charge on any atom is -0.456 e. The fraction of sp³-hybridized carbons (Fsp3) is 0.267. The third-order valence-electron chi connectivity index (χ3n) is 3.10. The first-order valence-corrected chi connectivity index (χ1v) is 7.29. The lowest BCUT2D eigenvalue weighted by Crippen LogP contribution is -2.32. The maximum atomic E-state index is 12.7. The zero-order valence-electron chi connectivity index (χ0n) is 12.5. The number of carbonyl (C=O) groups excluding carboxylic acids is 3. The highest BCUT2D eigenvalue weighted by atomic mass is 35.5. The Morgan fingerprint density at radius 3 is 2.22 bits per heavy atom. The van der Waals surface area contributed by atoms with Crippen molar-refractivity contribution in [3.8, 4) is 0 Å². The minimum atomic E-state index is -1.53. The van der Waals surface area contributed by atoms with Gasteiger partial charge in [0.25, 0.3) is 5.78 Å². The summed E-state index contributed by atoms with van der Waals surface area (Å²) < 4.78 is 10.5. The van der Waals surface area contributed by atoms with Crippen LogP contribution < -0.4 is 5.32 Å². The van der Waals surface area contributed by atoms with Crippen LogP contribution in [0.1, 0.15) is 26.3 Å². The second kappa shape index (κ2) is 6.22. The van der Waals surface area contributed by atoms with Crippen LogP contribution in [0.5, 0.6) is 0 Å². The van der Waals surface area contributed by atoms with Crippen molar-refractivity contribution in [3.63, 3.8) is 0 Å². The molecule has 0 saturated heterocycles. The zero-order chi connectivity index (χ0) is 17.4. The van der Waals surface area contributed by atoms with E-state index < -0.39 is 23.3 Å². The van der Waals surface area contributed by atoms with Crippen molar-refractivity contribution in [1.29, 1.82) is 0 Å². The summed E-state index contributed by atoms with van der Waals surface area (Å²) in [6.07, 6.45) is 0. The first kappa shape index (κ1) is 17.3. The van der Waals surface area contributed by atoms with Crippen molar-refractivity contribution in [3.05, 3.63) is 45.5 Å². The number of nitrogens with one attached hydrogen (secondary N) is 1. The third-order valence-corrected chi connectivity index (χ3v) is 3.54. The lowest BCUT2D eigenvalue weighted by atomic mass is 9.91. The smallest absolute Gasteiger partial charge is 0.308 e. The van der Waals surface area contributed by atoms with Gasteiger partial charge in [-0.05, 0) is 25.1 Å². The Morgan fingerprint density at radius 2 is 1.74 bits per heavy atom. The third kappa shape index (κ3) is 3.48. The lowest BCUT2D eigenvalue weighted by Gasteiger charge is -2.24. The summed E-state index contributed by atoms with van der Waals surface area (Å²) in [6, 6.07) is 4.52. The molecular weight excluding hydrogens is 345 g/mol. The van der Waals surface area contributed by atoms with Gasteiger partial charge < -0.3 is 9.47 Å². The van der Waals surface area contributed by atoms with Crippen LogP contribution in [0, 0.1) is 0 Å². The Morgan fingerprint density at radius 1 is 1.17 bits per heavy atom. The topological polar surface area (TPSA) is 81.7 Å². The Labute approximate surface area is 142 Å². The van der Waals surface area contributed by atoms with Crippen LogP contribution in [-0.2, 0) is 29.5 Å². The van der Waals surface area contributed by atoms with Gasteiger partial charge in [-0.1, -0.05) is 23.2 Å². The normalized spacial score (nSPS) is 20.3. The number of Topliss-reactive ketones (excluding diaryl/α,β-unsaturated/α-hetero) is 1. The van der Waals surface area contributed by atoms with Gasteiger partial charge in [0.15, 0.2) is 5.60 Å². The molecule has 0 aliphatic carbocycles. The van der Waals surface area contributed by atoms with Crippen LogP contribution >= 0.6 is 23.2 Å². The molecule has 1 aliphatic rings. The Hall–Kier alpha value is -2.05. The Balaban J connectivity index is 2.49. The van der Waals surface area contributed by atoms with Crippen molar-refractivity contribution in [2.45, 2.75) is 26.4 Å². The van der Waals surface area contributed by atoms with Crippen molar-refractivity contribution in [2.75, 3.05) is 0 Å². The second-order valence-corrected chi connectivity index (χ2v) is 5.93. The summed E-state index contributed by atoms with van der Waals surface area (Å²) in [6.45, 7) is 3.84. The molecule has 2 rings (SSSR count). The first-order valence-electron chi connectivity index (χ1n) is 6.54. The number of esters is 1. The maximum absolute atomic E-state index is 12.7. The Bertz CT molecular complexity index is 723. The molecule has 6 nitrogen and oxygen atoms in total. The van der Waals surface area contributed by atoms with Crippen LogP contribution in [0.2, 0.25) is 10.0 Å². The highest BCUT2D eigenvalue weighted by molar-refractivity contribution is 6.34. The predicted molar refractivity (Wildman–Crippen MR) is 82.5 cm³/mol. The average molecular weight is 358 g/mol. The van der Waals surface area contributed by atoms with Crippen LogP contribution in [0.15, 0.2) is 29.8 Å². The summed E-state index contributed by atoms with van der Waals surface area (Å²) >= 11 is 11.9. The first-order chi connectivity index (χ1) is 10.6. The predicted octanol–water partition coefficient (Wildman–Crippen LogP) is 2.68. The fourth-order valence-corrected chi connectivity index (χ4v) is 2.64. The van der Waals surface area contributed by atoms with E-state index in [-0.39, 0.29) is 11.6 Å². The summed E-state index contributed by atoms with van der Waals surface area (Å²) in [5.74, 6) is -2.42. The van der Waals surface area contributed by atoms with E-state index >= 15 is 0 Å². The van der Waals surface area contributed by atoms with E-state index in [1.807, 2.05) is 0 Å². The monoisotopic (exact) mass is 357 g/mol. The van der Waals surface area contributed by atoms with E-state index in [0.717, 1.165) is 6.92 Å². The molecule has 8 heteroatoms. The highest BCUT2D eigenvalue weighted by Crippen LogP contribution is 2.40. The second-order valence-electron chi connectivity index (χ2n) is 5.06. The van der Waals surface area contributed by atoms with Gasteiger partial charge in [-0.3, -0.25) is 19.7 Å². The van der Waals surface area contributed by atoms with Crippen molar-refractivity contribution in [2.24, 2.45) is 0 Å². The van der Waals surface area contributed by atoms with E-state index in [2.05, 4.69) is 5.32 Å². The van der Waals surface area contributed by atoms with Gasteiger partial charge in [-0.25, -0.2) is 0 Å². The van der Waals surface area contributed by atoms with Crippen molar-refractivity contribution in [1.82, 2.24) is 5.32 Å². The van der Waals surface area contributed by atoms with E-state index in [4.69, 9.17) is 32.7 Å². The molecule has 0 radical (unpaired) electrons. The number of halogens is 2. The summed E-state index contributed by atoms with van der Waals surface area (Å²) in [5.41, 5.74) is -1.16. The SMILES string of the molecule is CC(=O)NC1=C(OC(C)=O)C(=O)C(C)(c2cc(Cl)cc(Cl)c2)O1. The summed E-state index contributed by atoms with van der Waals surface area (Å²) in [7, 11) is 0. The molecule has 122 valence electrons. The Kier molecular flexibility index (Phi) is 4.68. The van der Waals surface area contributed by atoms with E-state index in [9.17, 15) is 14.4 Å². The molecule has 0 bridgehead atoms. The standard InChI is InChI=1S/C15H13Cl2NO5/c1-7(19)18-14-12(22-8(2)20)13(21)15(3,23-14)9-4-10(16)6-11(17)5-9/h4-6H,1-3H3,(H,18,19). The maximum Gasteiger partial charge on any atom is 0.308 e. The molecule has 23 heavy (non-hydrogen) atoms. The van der Waals surface area contributed by atoms with Crippen LogP contribution in [0.3, 0.4) is 0 Å². The number of ether oxygens (including phenoxy) is 2. The molecule has 1 amide bonds. The van der Waals surface area contributed by atoms with E-state index in [0.29, 0.717) is 15.6 Å². The molecular formula is C15H13Cl2NO5. The van der Waals surface area contributed by atoms with Gasteiger partial charge in [0.05, 0.1) is 0 Å². The molecule has 1 aliphatic heterocycles. The number of rotatable bonds is 3. The van der Waals surface area contributed by atoms with Crippen LogP contribution in [-0.4, -0.2) is 17.7 Å². The molecule has 1 unspecified atom stereocenters. The molecule has 0 aromatic heterocycles. The van der Waals surface area contributed by atoms with Gasteiger partial charge in [-0.15, -0.1) is 0 Å². The summed E-state index contributed by atoms with van der Waals surface area (Å²) in [4.78, 5) is 35.2. The largest absolute Gasteiger partial charge is 0.456 e. The van der Waals surface area contributed by atoms with Gasteiger partial charge >= 0.3 is 5.97 Å². The number of benzene rings is 1. The number of ketones is 1. The molecule has 0 fully saturated rings. The van der Waals surface area contributed by atoms with E-state index in [1.165, 1.54) is 32.0 Å². The highest BCUT2D eigenvalue weighted by Gasteiger charge is 2.50. The molecule has 1 aromatic carbocycles. The van der Waals surface area contributed by atoms with Gasteiger partial charge in [0.1, 0.15) is 0 Å². The van der Waals surface area contributed by atoms with Crippen LogP contribution in [0.4, 0.5) is 0 Å². The molecule has 1 atom stereocenters. The van der Waals surface area contributed by atoms with Crippen LogP contribution in [0.25, 0.3) is 0 Å². The number of amides is 1. The van der Waals surface area contributed by atoms with Crippen molar-refractivity contribution < 1.29 is 23.9 Å². The van der Waals surface area contributed by atoms with Crippen molar-refractivity contribution >= 4 is 40.9 Å². The molecule has 0 spiro atoms. The van der Waals surface area contributed by atoms with Gasteiger partial charge in [0.2, 0.25) is 17.5 Å². The quantitative estimate of drug-likeness (QED) is 0.841. The average Bonchev–Trinajstić information content (AvgIpc) is 2.62. The molecule has 1 aromatic rings. The lowest BCUT2D eigenvalue weighted by molar-refractivity contribution is -0.142.